The lowest BCUT2D eigenvalue weighted by Gasteiger charge is -2.11. The van der Waals surface area contributed by atoms with Crippen molar-refractivity contribution < 1.29 is 28.5 Å². The van der Waals surface area contributed by atoms with E-state index in [-0.39, 0.29) is 29.1 Å². The lowest BCUT2D eigenvalue weighted by Crippen LogP contribution is -2.21. The molecule has 4 rings (SSSR count). The number of aliphatic hydroxyl groups is 2. The summed E-state index contributed by atoms with van der Waals surface area (Å²) in [4.78, 5) is 24.3. The van der Waals surface area contributed by atoms with Crippen LogP contribution in [0.25, 0.3) is 22.4 Å². The van der Waals surface area contributed by atoms with Crippen molar-refractivity contribution in [2.24, 2.45) is 0 Å². The van der Waals surface area contributed by atoms with Gasteiger partial charge >= 0.3 is 0 Å². The second-order valence-corrected chi connectivity index (χ2v) is 7.19. The van der Waals surface area contributed by atoms with E-state index in [1.165, 1.54) is 30.6 Å². The molecule has 0 saturated heterocycles. The predicted octanol–water partition coefficient (Wildman–Crippen LogP) is 3.55. The molecule has 1 amide bonds. The van der Waals surface area contributed by atoms with E-state index >= 15 is 0 Å². The molecule has 2 heterocycles. The zero-order chi connectivity index (χ0) is 23.4. The van der Waals surface area contributed by atoms with E-state index in [4.69, 9.17) is 9.84 Å². The second-order valence-electron chi connectivity index (χ2n) is 7.19. The predicted molar refractivity (Wildman–Crippen MR) is 117 cm³/mol. The smallest absolute Gasteiger partial charge is 0.264 e. The number of amides is 1. The number of anilines is 1. The molecular formula is C23H20F2N4O4. The Kier molecular flexibility index (Phi) is 6.57. The highest BCUT2D eigenvalue weighted by atomic mass is 19.3. The minimum Gasteiger partial charge on any atom is -0.491 e. The minimum atomic E-state index is -2.68. The first-order valence-corrected chi connectivity index (χ1v) is 10.0. The molecule has 0 radical (unpaired) electrons. The normalized spacial score (nSPS) is 12.2. The summed E-state index contributed by atoms with van der Waals surface area (Å²) in [6, 6.07) is 12.5. The Morgan fingerprint density at radius 3 is 2.76 bits per heavy atom. The average Bonchev–Trinajstić information content (AvgIpc) is 3.27. The summed E-state index contributed by atoms with van der Waals surface area (Å²) in [5.41, 5.74) is 1.37. The van der Waals surface area contributed by atoms with Gasteiger partial charge in [0.2, 0.25) is 0 Å². The Balaban J connectivity index is 1.60. The van der Waals surface area contributed by atoms with Crippen molar-refractivity contribution in [2.75, 3.05) is 18.5 Å². The maximum atomic E-state index is 13.4. The van der Waals surface area contributed by atoms with Crippen molar-refractivity contribution in [2.45, 2.75) is 12.5 Å². The van der Waals surface area contributed by atoms with Gasteiger partial charge < -0.3 is 25.3 Å². The van der Waals surface area contributed by atoms with Crippen molar-refractivity contribution in [3.8, 4) is 17.1 Å². The number of pyridine rings is 1. The van der Waals surface area contributed by atoms with Gasteiger partial charge in [-0.05, 0) is 12.1 Å². The summed E-state index contributed by atoms with van der Waals surface area (Å²) in [6.07, 6.45) is -0.882. The molecular weight excluding hydrogens is 434 g/mol. The van der Waals surface area contributed by atoms with Crippen molar-refractivity contribution in [1.29, 1.82) is 0 Å². The van der Waals surface area contributed by atoms with Gasteiger partial charge in [-0.15, -0.1) is 0 Å². The van der Waals surface area contributed by atoms with Crippen molar-refractivity contribution in [3.05, 3.63) is 72.1 Å². The number of benzene rings is 2. The van der Waals surface area contributed by atoms with Crippen LogP contribution < -0.4 is 10.1 Å². The number of carbonyl (C=O) groups excluding carboxylic acids is 1. The van der Waals surface area contributed by atoms with Gasteiger partial charge in [-0.25, -0.2) is 13.8 Å². The summed E-state index contributed by atoms with van der Waals surface area (Å²) in [6.45, 7) is -0.534. The van der Waals surface area contributed by atoms with Crippen LogP contribution in [0, 0.1) is 0 Å². The summed E-state index contributed by atoms with van der Waals surface area (Å²) < 4.78 is 32.2. The van der Waals surface area contributed by atoms with E-state index in [1.807, 2.05) is 0 Å². The molecule has 4 aromatic rings. The van der Waals surface area contributed by atoms with Crippen LogP contribution in [-0.4, -0.2) is 50.4 Å². The van der Waals surface area contributed by atoms with Crippen LogP contribution in [0.4, 0.5) is 14.5 Å². The second kappa shape index (κ2) is 9.72. The Hall–Kier alpha value is -3.89. The maximum absolute atomic E-state index is 13.4. The van der Waals surface area contributed by atoms with Gasteiger partial charge in [0.05, 0.1) is 23.9 Å². The third-order valence-electron chi connectivity index (χ3n) is 4.83. The molecule has 10 heteroatoms. The first kappa shape index (κ1) is 22.3. The molecule has 0 saturated carbocycles. The van der Waals surface area contributed by atoms with Gasteiger partial charge in [0, 0.05) is 29.1 Å². The number of halogens is 2. The number of nitrogens with zero attached hydrogens (tertiary/aromatic N) is 2. The molecule has 2 aromatic carbocycles. The summed E-state index contributed by atoms with van der Waals surface area (Å²) in [5.74, 6) is 0.101. The van der Waals surface area contributed by atoms with Gasteiger partial charge in [-0.2, -0.15) is 0 Å². The number of H-pyrrole nitrogens is 1. The fourth-order valence-electron chi connectivity index (χ4n) is 3.24. The highest BCUT2D eigenvalue weighted by Gasteiger charge is 2.19. The lowest BCUT2D eigenvalue weighted by atomic mass is 10.1. The standard InChI is InChI=1S/C23H20F2N4O4/c24-21(25)16-6-1-2-7-17(16)22-28-19-10-26-9-18(20(19)29-22)23(32)27-13-4-3-5-15(8-13)33-12-14(31)11-30/h1-10,14,21,30-31H,11-12H2,(H,27,32)(H,28,29). The highest BCUT2D eigenvalue weighted by molar-refractivity contribution is 6.11. The van der Waals surface area contributed by atoms with Gasteiger partial charge in [0.1, 0.15) is 29.8 Å². The minimum absolute atomic E-state index is 0.104. The number of rotatable bonds is 8. The van der Waals surface area contributed by atoms with Crippen LogP contribution in [0.3, 0.4) is 0 Å². The number of hydrogen-bond donors (Lipinski definition) is 4. The molecule has 33 heavy (non-hydrogen) atoms. The molecule has 1 atom stereocenters. The molecule has 2 aromatic heterocycles. The Labute approximate surface area is 186 Å². The third kappa shape index (κ3) is 4.97. The number of hydrogen-bond acceptors (Lipinski definition) is 6. The van der Waals surface area contributed by atoms with Gasteiger partial charge in [-0.1, -0.05) is 30.3 Å². The molecule has 1 unspecified atom stereocenters. The number of ether oxygens (including phenoxy) is 1. The van der Waals surface area contributed by atoms with Crippen LogP contribution in [0.5, 0.6) is 5.75 Å². The number of alkyl halides is 2. The number of fused-ring (bicyclic) bond motifs is 1. The number of aromatic nitrogens is 3. The zero-order valence-corrected chi connectivity index (χ0v) is 17.2. The van der Waals surface area contributed by atoms with Gasteiger partial charge in [-0.3, -0.25) is 9.78 Å². The largest absolute Gasteiger partial charge is 0.491 e. The number of carbonyl (C=O) groups is 1. The van der Waals surface area contributed by atoms with Crippen LogP contribution in [0.2, 0.25) is 0 Å². The van der Waals surface area contributed by atoms with Crippen molar-refractivity contribution >= 4 is 22.6 Å². The maximum Gasteiger partial charge on any atom is 0.264 e. The van der Waals surface area contributed by atoms with Crippen molar-refractivity contribution in [1.82, 2.24) is 15.0 Å². The Morgan fingerprint density at radius 2 is 1.97 bits per heavy atom. The molecule has 170 valence electrons. The topological polar surface area (TPSA) is 120 Å². The molecule has 0 bridgehead atoms. The number of imidazole rings is 1. The monoisotopic (exact) mass is 454 g/mol. The fraction of sp³-hybridized carbons (Fsp3) is 0.174. The van der Waals surface area contributed by atoms with E-state index in [1.54, 1.807) is 30.3 Å². The molecule has 0 aliphatic carbocycles. The fourth-order valence-corrected chi connectivity index (χ4v) is 3.24. The quantitative estimate of drug-likeness (QED) is 0.323. The summed E-state index contributed by atoms with van der Waals surface area (Å²) >= 11 is 0. The van der Waals surface area contributed by atoms with Crippen LogP contribution in [0.15, 0.2) is 60.9 Å². The first-order chi connectivity index (χ1) is 16.0. The SMILES string of the molecule is O=C(Nc1cccc(OCC(O)CO)c1)c1cncc2[nH]c(-c3ccccc3C(F)F)nc12. The first-order valence-electron chi connectivity index (χ1n) is 10.0. The molecule has 4 N–H and O–H groups in total. The molecule has 0 spiro atoms. The summed E-state index contributed by atoms with van der Waals surface area (Å²) in [5, 5.41) is 21.0. The molecule has 0 fully saturated rings. The zero-order valence-electron chi connectivity index (χ0n) is 17.2. The van der Waals surface area contributed by atoms with Crippen LogP contribution in [-0.2, 0) is 0 Å². The lowest BCUT2D eigenvalue weighted by molar-refractivity contribution is 0.0536. The van der Waals surface area contributed by atoms with E-state index < -0.39 is 25.0 Å². The van der Waals surface area contributed by atoms with Crippen LogP contribution in [0.1, 0.15) is 22.3 Å². The number of aliphatic hydroxyl groups excluding tert-OH is 2. The van der Waals surface area contributed by atoms with Gasteiger partial charge in [0.25, 0.3) is 12.3 Å². The number of aromatic amines is 1. The number of nitrogens with one attached hydrogen (secondary N) is 2. The highest BCUT2D eigenvalue weighted by Crippen LogP contribution is 2.31. The van der Waals surface area contributed by atoms with E-state index in [0.29, 0.717) is 22.5 Å². The van der Waals surface area contributed by atoms with E-state index in [9.17, 15) is 18.7 Å². The third-order valence-corrected chi connectivity index (χ3v) is 4.83. The molecule has 0 aliphatic rings. The average molecular weight is 454 g/mol. The molecule has 8 nitrogen and oxygen atoms in total. The van der Waals surface area contributed by atoms with Gasteiger partial charge in [0.15, 0.2) is 0 Å². The van der Waals surface area contributed by atoms with Crippen LogP contribution >= 0.6 is 0 Å². The Morgan fingerprint density at radius 1 is 1.15 bits per heavy atom. The molecule has 0 aliphatic heterocycles. The van der Waals surface area contributed by atoms with E-state index in [0.717, 1.165) is 0 Å². The summed E-state index contributed by atoms with van der Waals surface area (Å²) in [7, 11) is 0. The Bertz CT molecular complexity index is 1280. The van der Waals surface area contributed by atoms with E-state index in [2.05, 4.69) is 20.3 Å². The van der Waals surface area contributed by atoms with Crippen molar-refractivity contribution in [3.63, 3.8) is 0 Å².